The van der Waals surface area contributed by atoms with Gasteiger partial charge in [0, 0.05) is 45.5 Å². The van der Waals surface area contributed by atoms with Crippen molar-refractivity contribution in [2.45, 2.75) is 18.9 Å². The zero-order valence-electron chi connectivity index (χ0n) is 21.0. The lowest BCUT2D eigenvalue weighted by atomic mass is 9.90. The molecule has 0 unspecified atom stereocenters. The lowest BCUT2D eigenvalue weighted by molar-refractivity contribution is -0.134. The molecule has 0 saturated carbocycles. The molecular formula is C25H27F2N9O3. The average molecular weight is 540 g/mol. The zero-order chi connectivity index (χ0) is 26.9. The second kappa shape index (κ2) is 10.4. The normalized spacial score (nSPS) is 17.5. The van der Waals surface area contributed by atoms with E-state index in [0.29, 0.717) is 69.5 Å². The first-order valence-electron chi connectivity index (χ1n) is 12.7. The van der Waals surface area contributed by atoms with Crippen LogP contribution in [0.5, 0.6) is 0 Å². The molecule has 0 radical (unpaired) electrons. The summed E-state index contributed by atoms with van der Waals surface area (Å²) in [5, 5.41) is 7.52. The molecule has 204 valence electrons. The highest BCUT2D eigenvalue weighted by molar-refractivity contribution is 5.85. The van der Waals surface area contributed by atoms with Gasteiger partial charge < -0.3 is 30.0 Å². The number of furan rings is 1. The number of aromatic nitrogens is 5. The van der Waals surface area contributed by atoms with Crippen molar-refractivity contribution in [3.05, 3.63) is 48.2 Å². The molecule has 3 aromatic heterocycles. The number of piperazine rings is 1. The van der Waals surface area contributed by atoms with Gasteiger partial charge in [0.05, 0.1) is 12.0 Å². The lowest BCUT2D eigenvalue weighted by Crippen LogP contribution is -2.55. The van der Waals surface area contributed by atoms with E-state index in [1.807, 2.05) is 4.90 Å². The van der Waals surface area contributed by atoms with Gasteiger partial charge in [-0.2, -0.15) is 19.5 Å². The predicted octanol–water partition coefficient (Wildman–Crippen LogP) is 2.20. The molecule has 1 aromatic carbocycles. The molecule has 39 heavy (non-hydrogen) atoms. The minimum atomic E-state index is -0.627. The third-order valence-electron chi connectivity index (χ3n) is 7.10. The number of hydrogen-bond acceptors (Lipinski definition) is 10. The van der Waals surface area contributed by atoms with Gasteiger partial charge in [-0.1, -0.05) is 0 Å². The average Bonchev–Trinajstić information content (AvgIpc) is 3.63. The first-order valence-corrected chi connectivity index (χ1v) is 12.7. The summed E-state index contributed by atoms with van der Waals surface area (Å²) >= 11 is 0. The van der Waals surface area contributed by atoms with Crippen molar-refractivity contribution in [1.29, 1.82) is 0 Å². The number of carbonyl (C=O) groups excluding carboxylic acids is 1. The van der Waals surface area contributed by atoms with Gasteiger partial charge in [-0.25, -0.2) is 8.78 Å². The Kier molecular flexibility index (Phi) is 6.69. The van der Waals surface area contributed by atoms with Gasteiger partial charge in [-0.3, -0.25) is 4.79 Å². The molecular weight excluding hydrogens is 512 g/mol. The standard InChI is InChI=1S/C25H27F2N9O3/c26-16-3-4-18(17(27)14-16)34-7-9-35(10-8-34)22(37)20(15-5-12-38-13-6-15)29-24-31-23(28)36-25(32-24)30-21(33-36)19-2-1-11-39-19/h1-4,11,14-15,20H,5-10,12-13H2,(H3,28,29,30,31,32,33)/t20-/m0/s1. The minimum Gasteiger partial charge on any atom is -0.461 e. The van der Waals surface area contributed by atoms with Crippen molar-refractivity contribution in [3.8, 4) is 11.6 Å². The quantitative estimate of drug-likeness (QED) is 0.375. The number of benzene rings is 1. The maximum atomic E-state index is 14.3. The summed E-state index contributed by atoms with van der Waals surface area (Å²) in [4.78, 5) is 30.6. The van der Waals surface area contributed by atoms with E-state index in [-0.39, 0.29) is 29.5 Å². The van der Waals surface area contributed by atoms with Crippen molar-refractivity contribution in [3.63, 3.8) is 0 Å². The molecule has 1 amide bonds. The number of nitrogens with one attached hydrogen (secondary N) is 1. The van der Waals surface area contributed by atoms with Gasteiger partial charge in [0.25, 0.3) is 5.78 Å². The Morgan fingerprint density at radius 2 is 1.87 bits per heavy atom. The fourth-order valence-electron chi connectivity index (χ4n) is 5.05. The highest BCUT2D eigenvalue weighted by Crippen LogP contribution is 2.26. The number of nitrogens with two attached hydrogens (primary N) is 1. The van der Waals surface area contributed by atoms with Crippen molar-refractivity contribution < 1.29 is 22.7 Å². The van der Waals surface area contributed by atoms with Crippen molar-refractivity contribution in [1.82, 2.24) is 29.5 Å². The highest BCUT2D eigenvalue weighted by Gasteiger charge is 2.35. The Balaban J connectivity index is 1.21. The van der Waals surface area contributed by atoms with Gasteiger partial charge in [0.2, 0.25) is 23.6 Å². The van der Waals surface area contributed by atoms with E-state index in [1.54, 1.807) is 17.0 Å². The number of rotatable bonds is 6. The van der Waals surface area contributed by atoms with Crippen LogP contribution < -0.4 is 16.0 Å². The number of amides is 1. The number of carbonyl (C=O) groups is 1. The molecule has 0 spiro atoms. The molecule has 5 heterocycles. The van der Waals surface area contributed by atoms with E-state index in [0.717, 1.165) is 6.07 Å². The molecule has 6 rings (SSSR count). The SMILES string of the molecule is Nc1nc(N[C@H](C(=O)N2CCN(c3ccc(F)cc3F)CC2)C2CCOCC2)nc2nc(-c3ccco3)nn12. The van der Waals surface area contributed by atoms with Crippen LogP contribution in [0.3, 0.4) is 0 Å². The minimum absolute atomic E-state index is 0.0172. The first-order chi connectivity index (χ1) is 19.0. The van der Waals surface area contributed by atoms with Crippen LogP contribution in [0.15, 0.2) is 41.0 Å². The second-order valence-electron chi connectivity index (χ2n) is 9.51. The third kappa shape index (κ3) is 5.06. The summed E-state index contributed by atoms with van der Waals surface area (Å²) in [5.41, 5.74) is 6.47. The largest absolute Gasteiger partial charge is 0.461 e. The molecule has 2 fully saturated rings. The van der Waals surface area contributed by atoms with Crippen LogP contribution in [-0.4, -0.2) is 80.8 Å². The van der Waals surface area contributed by atoms with Gasteiger partial charge in [-0.05, 0) is 43.0 Å². The third-order valence-corrected chi connectivity index (χ3v) is 7.10. The smallest absolute Gasteiger partial charge is 0.259 e. The van der Waals surface area contributed by atoms with E-state index in [1.165, 1.54) is 22.9 Å². The molecule has 2 aliphatic rings. The van der Waals surface area contributed by atoms with E-state index in [2.05, 4.69) is 25.4 Å². The molecule has 0 aliphatic carbocycles. The maximum absolute atomic E-state index is 14.3. The highest BCUT2D eigenvalue weighted by atomic mass is 19.1. The van der Waals surface area contributed by atoms with E-state index in [9.17, 15) is 13.6 Å². The Labute approximate surface area is 221 Å². The van der Waals surface area contributed by atoms with Gasteiger partial charge in [-0.15, -0.1) is 5.10 Å². The van der Waals surface area contributed by atoms with Crippen LogP contribution in [0.2, 0.25) is 0 Å². The van der Waals surface area contributed by atoms with Crippen LogP contribution in [0.1, 0.15) is 12.8 Å². The molecule has 4 aromatic rings. The van der Waals surface area contributed by atoms with Crippen molar-refractivity contribution in [2.24, 2.45) is 5.92 Å². The van der Waals surface area contributed by atoms with Crippen LogP contribution in [0.4, 0.5) is 26.4 Å². The summed E-state index contributed by atoms with van der Waals surface area (Å²) in [6.07, 6.45) is 2.90. The van der Waals surface area contributed by atoms with Gasteiger partial charge in [0.1, 0.15) is 17.7 Å². The number of fused-ring (bicyclic) bond motifs is 1. The molecule has 2 saturated heterocycles. The van der Waals surface area contributed by atoms with E-state index >= 15 is 0 Å². The summed E-state index contributed by atoms with van der Waals surface area (Å²) in [6.45, 7) is 2.70. The Morgan fingerprint density at radius 1 is 1.08 bits per heavy atom. The van der Waals surface area contributed by atoms with Crippen LogP contribution in [0, 0.1) is 17.6 Å². The lowest BCUT2D eigenvalue weighted by Gasteiger charge is -2.39. The van der Waals surface area contributed by atoms with Crippen molar-refractivity contribution in [2.75, 3.05) is 55.3 Å². The molecule has 1 atom stereocenters. The van der Waals surface area contributed by atoms with Gasteiger partial charge >= 0.3 is 0 Å². The summed E-state index contributed by atoms with van der Waals surface area (Å²) < 4.78 is 39.8. The number of anilines is 3. The van der Waals surface area contributed by atoms with E-state index < -0.39 is 17.7 Å². The molecule has 0 bridgehead atoms. The van der Waals surface area contributed by atoms with Gasteiger partial charge in [0.15, 0.2) is 5.76 Å². The van der Waals surface area contributed by atoms with Crippen LogP contribution in [-0.2, 0) is 9.53 Å². The molecule has 14 heteroatoms. The van der Waals surface area contributed by atoms with E-state index in [4.69, 9.17) is 14.9 Å². The summed E-state index contributed by atoms with van der Waals surface area (Å²) in [7, 11) is 0. The first kappa shape index (κ1) is 25.0. The summed E-state index contributed by atoms with van der Waals surface area (Å²) in [6, 6.07) is 6.35. The number of nitrogens with zero attached hydrogens (tertiary/aromatic N) is 7. The van der Waals surface area contributed by atoms with Crippen LogP contribution >= 0.6 is 0 Å². The fraction of sp³-hybridized carbons (Fsp3) is 0.400. The van der Waals surface area contributed by atoms with Crippen molar-refractivity contribution >= 4 is 29.3 Å². The zero-order valence-corrected chi connectivity index (χ0v) is 21.0. The number of hydrogen-bond donors (Lipinski definition) is 2. The molecule has 12 nitrogen and oxygen atoms in total. The van der Waals surface area contributed by atoms with Crippen LogP contribution in [0.25, 0.3) is 17.4 Å². The molecule has 2 aliphatic heterocycles. The topological polar surface area (TPSA) is 140 Å². The molecule has 3 N–H and O–H groups in total. The maximum Gasteiger partial charge on any atom is 0.259 e. The number of ether oxygens (including phenoxy) is 1. The Morgan fingerprint density at radius 3 is 2.59 bits per heavy atom. The predicted molar refractivity (Wildman–Crippen MR) is 137 cm³/mol. The number of halogens is 2. The monoisotopic (exact) mass is 539 g/mol. The Bertz CT molecular complexity index is 1470. The second-order valence-corrected chi connectivity index (χ2v) is 9.51. The fourth-order valence-corrected chi connectivity index (χ4v) is 5.05. The Hall–Kier alpha value is -4.33. The number of nitrogen functional groups attached to an aromatic ring is 1. The summed E-state index contributed by atoms with van der Waals surface area (Å²) in [5.74, 6) is -0.168.